The first-order chi connectivity index (χ1) is 40.0. The minimum atomic E-state index is -4.75. The summed E-state index contributed by atoms with van der Waals surface area (Å²) in [5.41, 5.74) is -1.11. The van der Waals surface area contributed by atoms with Crippen LogP contribution in [0.4, 0.5) is 30.2 Å². The van der Waals surface area contributed by atoms with Gasteiger partial charge in [0.25, 0.3) is 5.91 Å². The number of thiocarbonyl (C=S) groups is 1. The van der Waals surface area contributed by atoms with Crippen molar-refractivity contribution in [3.63, 3.8) is 0 Å². The van der Waals surface area contributed by atoms with Gasteiger partial charge in [-0.15, -0.1) is 6.42 Å². The van der Waals surface area contributed by atoms with E-state index in [0.29, 0.717) is 24.9 Å². The lowest BCUT2D eigenvalue weighted by Crippen LogP contribution is -2.55. The lowest BCUT2D eigenvalue weighted by molar-refractivity contribution is -0.137. The number of anilines is 2. The Morgan fingerprint density at radius 2 is 0.963 bits per heavy atom. The third kappa shape index (κ3) is 23.7. The second-order valence-electron chi connectivity index (χ2n) is 14.2. The van der Waals surface area contributed by atoms with E-state index in [1.165, 1.54) is 6.07 Å². The second-order valence-corrected chi connectivity index (χ2v) is 14.6. The summed E-state index contributed by atoms with van der Waals surface area (Å²) in [6.07, 6.45) is 2.72. The molecule has 1 saturated carbocycles. The smallest absolute Gasteiger partial charge is 0.395 e. The molecule has 2 aromatic rings. The summed E-state index contributed by atoms with van der Waals surface area (Å²) in [4.78, 5) is 31.1. The molecule has 0 bridgehead atoms. The highest BCUT2D eigenvalue weighted by Crippen LogP contribution is 2.49. The molecule has 82 heavy (non-hydrogen) atoms. The van der Waals surface area contributed by atoms with Gasteiger partial charge >= 0.3 is 6.18 Å². The van der Waals surface area contributed by atoms with Gasteiger partial charge in [-0.1, -0.05) is 18.2 Å². The van der Waals surface area contributed by atoms with Gasteiger partial charge in [0.15, 0.2) is 16.9 Å². The van der Waals surface area contributed by atoms with Gasteiger partial charge in [-0.3, -0.25) is 14.5 Å². The van der Waals surface area contributed by atoms with Gasteiger partial charge in [0, 0.05) is 232 Å². The van der Waals surface area contributed by atoms with Gasteiger partial charge in [-0.2, -0.15) is 18.4 Å². The van der Waals surface area contributed by atoms with Gasteiger partial charge in [0.2, 0.25) is 5.91 Å². The fraction of sp³-hybridized carbons (Fsp3) is 0.129. The minimum Gasteiger partial charge on any atom is -0.395 e. The van der Waals surface area contributed by atoms with Crippen molar-refractivity contribution in [2.45, 2.75) is 43.8 Å². The average molecular weight is 1070 g/mol. The van der Waals surface area contributed by atoms with E-state index in [2.05, 4.69) is 265 Å². The maximum Gasteiger partial charge on any atom is 0.407 e. The SMILES string of the molecule is C#CC#CC#CC#CC#CC#CC#CC#CC#CC#CC#CC#CC#CC#CC#CC#CC#CC#CC#CC#CC#CC#CC#N.[C-]#[N+]c1ccc(N2C(=O)C3(CCC3)N(c3ccc(CCC(=O)NCCO)cc3)C2=S)cc1C(F)(F)F. The molecule has 1 aliphatic heterocycles. The topological polar surface area (TPSA) is 101 Å². The Balaban J connectivity index is 0.000000441. The number of nitrogens with zero attached hydrogens (tertiary/aromatic N) is 4. The van der Waals surface area contributed by atoms with Crippen LogP contribution in [0, 0.1) is 279 Å². The van der Waals surface area contributed by atoms with Gasteiger partial charge in [-0.25, -0.2) is 4.85 Å². The van der Waals surface area contributed by atoms with E-state index in [1.54, 1.807) is 23.1 Å². The average Bonchev–Trinajstić information content (AvgIpc) is 3.99. The number of aliphatic hydroxyl groups excluding tert-OH is 1. The van der Waals surface area contributed by atoms with Crippen molar-refractivity contribution in [2.75, 3.05) is 23.0 Å². The second kappa shape index (κ2) is 38.0. The molecule has 0 atom stereocenters. The maximum atomic E-state index is 13.6. The molecule has 1 heterocycles. The Morgan fingerprint density at radius 1 is 0.610 bits per heavy atom. The number of halogens is 3. The van der Waals surface area contributed by atoms with Gasteiger partial charge in [-0.05, 0) is 115 Å². The first kappa shape index (κ1) is 62.6. The molecule has 2 aromatic carbocycles. The minimum absolute atomic E-state index is 0.0241. The number of hydrogen-bond acceptors (Lipinski definition) is 5. The molecule has 2 N–H and O–H groups in total. The normalized spacial score (nSPS) is 9.52. The van der Waals surface area contributed by atoms with Gasteiger partial charge in [0.05, 0.1) is 18.7 Å². The van der Waals surface area contributed by atoms with Crippen molar-refractivity contribution in [3.05, 3.63) is 65.0 Å². The summed E-state index contributed by atoms with van der Waals surface area (Å²) >= 11 is 5.62. The fourth-order valence-electron chi connectivity index (χ4n) is 5.86. The molecule has 4 rings (SSSR count). The summed E-state index contributed by atoms with van der Waals surface area (Å²) in [5.74, 6) is 105. The molecule has 2 amide bonds. The predicted octanol–water partition coefficient (Wildman–Crippen LogP) is 4.57. The number of nitrogens with one attached hydrogen (secondary N) is 1. The third-order valence-electron chi connectivity index (χ3n) is 9.22. The number of aliphatic hydroxyl groups is 1. The highest BCUT2D eigenvalue weighted by Gasteiger charge is 2.59. The fourth-order valence-corrected chi connectivity index (χ4v) is 6.33. The molecule has 0 unspecified atom stereocenters. The molecule has 12 heteroatoms. The van der Waals surface area contributed by atoms with E-state index in [0.717, 1.165) is 29.0 Å². The van der Waals surface area contributed by atoms with Crippen LogP contribution in [-0.4, -0.2) is 40.7 Å². The molecule has 0 radical (unpaired) electrons. The summed E-state index contributed by atoms with van der Waals surface area (Å²) in [5, 5.41) is 19.6. The monoisotopic (exact) mass is 1070 g/mol. The molecular formula is C70H24F3N5O3S. The molecule has 1 saturated heterocycles. The quantitative estimate of drug-likeness (QED) is 0.240. The van der Waals surface area contributed by atoms with Crippen molar-refractivity contribution in [1.29, 1.82) is 5.26 Å². The van der Waals surface area contributed by atoms with Crippen LogP contribution in [0.3, 0.4) is 0 Å². The molecular weight excluding hydrogens is 1050 g/mol. The third-order valence-corrected chi connectivity index (χ3v) is 9.58. The van der Waals surface area contributed by atoms with Crippen LogP contribution < -0.4 is 15.1 Å². The summed E-state index contributed by atoms with van der Waals surface area (Å²) in [6.45, 7) is 7.11. The number of nitriles is 1. The molecule has 2 aliphatic rings. The summed E-state index contributed by atoms with van der Waals surface area (Å²) < 4.78 is 40.7. The number of alkyl halides is 3. The Hall–Kier alpha value is -13.7. The van der Waals surface area contributed by atoms with E-state index in [4.69, 9.17) is 35.6 Å². The molecule has 1 aliphatic carbocycles. The Bertz CT molecular complexity index is 4360. The van der Waals surface area contributed by atoms with Crippen molar-refractivity contribution in [2.24, 2.45) is 0 Å². The highest BCUT2D eigenvalue weighted by atomic mass is 32.1. The van der Waals surface area contributed by atoms with E-state index in [9.17, 15) is 22.8 Å². The molecule has 374 valence electrons. The van der Waals surface area contributed by atoms with Crippen LogP contribution in [0.5, 0.6) is 0 Å². The van der Waals surface area contributed by atoms with Crippen LogP contribution in [0.1, 0.15) is 36.8 Å². The van der Waals surface area contributed by atoms with Crippen molar-refractivity contribution < 1.29 is 27.9 Å². The summed E-state index contributed by atoms with van der Waals surface area (Å²) in [7, 11) is 0. The predicted molar refractivity (Wildman–Crippen MR) is 309 cm³/mol. The zero-order valence-electron chi connectivity index (χ0n) is 42.2. The molecule has 1 spiro atoms. The maximum absolute atomic E-state index is 13.6. The first-order valence-corrected chi connectivity index (χ1v) is 23.0. The van der Waals surface area contributed by atoms with Crippen LogP contribution in [0.25, 0.3) is 4.85 Å². The van der Waals surface area contributed by atoms with Gasteiger partial charge in [0.1, 0.15) is 5.54 Å². The number of amides is 2. The van der Waals surface area contributed by atoms with E-state index >= 15 is 0 Å². The van der Waals surface area contributed by atoms with E-state index < -0.39 is 23.0 Å². The van der Waals surface area contributed by atoms with Crippen LogP contribution in [-0.2, 0) is 22.2 Å². The van der Waals surface area contributed by atoms with E-state index in [-0.39, 0.29) is 42.2 Å². The first-order valence-electron chi connectivity index (χ1n) is 22.6. The van der Waals surface area contributed by atoms with Gasteiger partial charge < -0.3 is 15.3 Å². The number of aryl methyl sites for hydroxylation is 1. The Kier molecular flexibility index (Phi) is 29.0. The lowest BCUT2D eigenvalue weighted by Gasteiger charge is -2.43. The zero-order valence-corrected chi connectivity index (χ0v) is 43.0. The number of carbonyl (C=O) groups is 2. The van der Waals surface area contributed by atoms with Crippen molar-refractivity contribution >= 4 is 46.2 Å². The zero-order chi connectivity index (χ0) is 59.2. The Morgan fingerprint density at radius 3 is 1.27 bits per heavy atom. The van der Waals surface area contributed by atoms with Crippen LogP contribution in [0.15, 0.2) is 42.5 Å². The number of rotatable bonds is 7. The number of hydrogen-bond donors (Lipinski definition) is 2. The molecule has 8 nitrogen and oxygen atoms in total. The Labute approximate surface area is 481 Å². The van der Waals surface area contributed by atoms with Crippen molar-refractivity contribution in [1.82, 2.24) is 5.32 Å². The van der Waals surface area contributed by atoms with E-state index in [1.807, 2.05) is 12.1 Å². The van der Waals surface area contributed by atoms with Crippen LogP contribution in [0.2, 0.25) is 0 Å². The summed E-state index contributed by atoms with van der Waals surface area (Å²) in [6, 6.07) is 12.0. The van der Waals surface area contributed by atoms with Crippen molar-refractivity contribution in [3.8, 4) is 267 Å². The molecule has 0 aromatic heterocycles. The lowest BCUT2D eigenvalue weighted by atomic mass is 9.75. The highest BCUT2D eigenvalue weighted by molar-refractivity contribution is 7.81. The van der Waals surface area contributed by atoms with Crippen LogP contribution >= 0.6 is 12.2 Å². The number of terminal acetylenes is 1. The standard InChI is InChI=1S/C45HN.C25H23F3N4O3S/c1-2-3-4-5-6-7-8-9-10-11-12-13-14-15-16-17-18-19-20-21-22-23-24-25-26-27-28-29-30-31-32-33-34-35-36-37-38-39-40-41-42-43-44-45-46;1-29-20-9-8-18(15-19(20)25(26,27)28)31-22(35)24(11-2-12-24)32(23(31)36)17-6-3-16(4-7-17)5-10-21(34)30-13-14-33/h1H;3-4,6-9,15,33H,2,5,10-14H2,(H,30,34). The molecule has 2 fully saturated rings. The number of benzene rings is 2. The number of carbonyl (C=O) groups excluding carboxylic acids is 2. The largest absolute Gasteiger partial charge is 0.407 e.